The van der Waals surface area contributed by atoms with E-state index < -0.39 is 0 Å². The molecule has 3 rings (SSSR count). The van der Waals surface area contributed by atoms with Crippen molar-refractivity contribution in [3.63, 3.8) is 0 Å². The predicted molar refractivity (Wildman–Crippen MR) is 119 cm³/mol. The van der Waals surface area contributed by atoms with Crippen molar-refractivity contribution in [2.75, 3.05) is 19.6 Å². The summed E-state index contributed by atoms with van der Waals surface area (Å²) in [5.41, 5.74) is 4.33. The molecule has 2 unspecified atom stereocenters. The van der Waals surface area contributed by atoms with Gasteiger partial charge in [-0.2, -0.15) is 5.10 Å². The van der Waals surface area contributed by atoms with Gasteiger partial charge in [0.25, 0.3) is 0 Å². The number of piperazine rings is 1. The highest BCUT2D eigenvalue weighted by Crippen LogP contribution is 2.30. The third kappa shape index (κ3) is 5.01. The Hall–Kier alpha value is -1.27. The molecular weight excluding hydrogens is 419 g/mol. The number of aryl methyl sites for hydroxylation is 2. The van der Waals surface area contributed by atoms with Crippen LogP contribution in [-0.2, 0) is 18.3 Å². The molecule has 28 heavy (non-hydrogen) atoms. The van der Waals surface area contributed by atoms with E-state index in [9.17, 15) is 4.79 Å². The molecule has 1 aromatic carbocycles. The van der Waals surface area contributed by atoms with Crippen LogP contribution in [0.4, 0.5) is 0 Å². The highest BCUT2D eigenvalue weighted by atomic mass is 35.5. The summed E-state index contributed by atoms with van der Waals surface area (Å²) in [6.07, 6.45) is 0.712. The van der Waals surface area contributed by atoms with Crippen LogP contribution in [0.5, 0.6) is 0 Å². The molecule has 1 fully saturated rings. The third-order valence-electron chi connectivity index (χ3n) is 5.38. The van der Waals surface area contributed by atoms with Gasteiger partial charge >= 0.3 is 0 Å². The van der Waals surface area contributed by atoms with Gasteiger partial charge in [0.1, 0.15) is 0 Å². The van der Waals surface area contributed by atoms with Gasteiger partial charge in [-0.05, 0) is 37.5 Å². The number of benzene rings is 1. The standard InChI is InChI=1S/C20H27ClN4O.2ClH/c1-13(11-17-14(2)23-24(4)15(17)3)20(26)25-10-9-22-12-19(25)16-7-5-6-8-18(16)21;;/h5-8,13,19,22H,9-12H2,1-4H3;2*1H. The molecule has 5 nitrogen and oxygen atoms in total. The smallest absolute Gasteiger partial charge is 0.226 e. The van der Waals surface area contributed by atoms with Gasteiger partial charge < -0.3 is 10.2 Å². The molecule has 0 bridgehead atoms. The number of carbonyl (C=O) groups is 1. The van der Waals surface area contributed by atoms with Crippen LogP contribution in [-0.4, -0.2) is 40.2 Å². The topological polar surface area (TPSA) is 50.2 Å². The van der Waals surface area contributed by atoms with Gasteiger partial charge in [0.2, 0.25) is 5.91 Å². The van der Waals surface area contributed by atoms with E-state index >= 15 is 0 Å². The summed E-state index contributed by atoms with van der Waals surface area (Å²) >= 11 is 6.40. The van der Waals surface area contributed by atoms with Gasteiger partial charge in [-0.1, -0.05) is 36.7 Å². The Kier molecular flexibility index (Phi) is 9.28. The molecule has 2 aromatic rings. The van der Waals surface area contributed by atoms with E-state index in [4.69, 9.17) is 11.6 Å². The maximum atomic E-state index is 13.3. The monoisotopic (exact) mass is 446 g/mol. The number of rotatable bonds is 4. The highest BCUT2D eigenvalue weighted by molar-refractivity contribution is 6.31. The lowest BCUT2D eigenvalue weighted by Crippen LogP contribution is -2.50. The molecule has 1 N–H and O–H groups in total. The number of hydrogen-bond acceptors (Lipinski definition) is 3. The van der Waals surface area contributed by atoms with Gasteiger partial charge in [-0.3, -0.25) is 9.48 Å². The van der Waals surface area contributed by atoms with Crippen LogP contribution in [0.3, 0.4) is 0 Å². The lowest BCUT2D eigenvalue weighted by molar-refractivity contribution is -0.138. The first-order chi connectivity index (χ1) is 12.4. The molecule has 156 valence electrons. The SMILES string of the molecule is Cc1nn(C)c(C)c1CC(C)C(=O)N1CCNCC1c1ccccc1Cl.Cl.Cl. The highest BCUT2D eigenvalue weighted by Gasteiger charge is 2.32. The van der Waals surface area contributed by atoms with Gasteiger partial charge in [0, 0.05) is 43.3 Å². The number of halogens is 3. The second-order valence-corrected chi connectivity index (χ2v) is 7.56. The lowest BCUT2D eigenvalue weighted by atomic mass is 9.95. The van der Waals surface area contributed by atoms with Gasteiger partial charge in [-0.15, -0.1) is 24.8 Å². The molecule has 1 aliphatic rings. The molecule has 2 atom stereocenters. The number of amides is 1. The van der Waals surface area contributed by atoms with Crippen molar-refractivity contribution in [1.29, 1.82) is 0 Å². The number of nitrogens with zero attached hydrogens (tertiary/aromatic N) is 3. The van der Waals surface area contributed by atoms with E-state index in [-0.39, 0.29) is 42.7 Å². The Labute approximate surface area is 184 Å². The summed E-state index contributed by atoms with van der Waals surface area (Å²) in [4.78, 5) is 15.2. The van der Waals surface area contributed by atoms with Crippen molar-refractivity contribution in [3.05, 3.63) is 51.8 Å². The van der Waals surface area contributed by atoms with Gasteiger partial charge in [0.05, 0.1) is 11.7 Å². The fourth-order valence-electron chi connectivity index (χ4n) is 3.78. The quantitative estimate of drug-likeness (QED) is 0.773. The summed E-state index contributed by atoms with van der Waals surface area (Å²) in [6, 6.07) is 7.78. The molecular formula is C20H29Cl3N4O. The van der Waals surface area contributed by atoms with Gasteiger partial charge in [-0.25, -0.2) is 0 Å². The largest absolute Gasteiger partial charge is 0.333 e. The Morgan fingerprint density at radius 1 is 1.32 bits per heavy atom. The average Bonchev–Trinajstić information content (AvgIpc) is 2.87. The Morgan fingerprint density at radius 3 is 2.61 bits per heavy atom. The molecule has 0 aliphatic carbocycles. The lowest BCUT2D eigenvalue weighted by Gasteiger charge is -2.38. The van der Waals surface area contributed by atoms with E-state index in [1.54, 1.807) is 0 Å². The second-order valence-electron chi connectivity index (χ2n) is 7.15. The summed E-state index contributed by atoms with van der Waals surface area (Å²) in [7, 11) is 1.95. The Balaban J connectivity index is 0.00000196. The van der Waals surface area contributed by atoms with Crippen LogP contribution in [0, 0.1) is 19.8 Å². The zero-order chi connectivity index (χ0) is 18.8. The second kappa shape index (κ2) is 10.5. The van der Waals surface area contributed by atoms with Crippen LogP contribution in [0.1, 0.15) is 35.5 Å². The number of carbonyl (C=O) groups excluding carboxylic acids is 1. The molecule has 8 heteroatoms. The summed E-state index contributed by atoms with van der Waals surface area (Å²) in [6.45, 7) is 8.32. The minimum atomic E-state index is -0.0975. The molecule has 1 aromatic heterocycles. The van der Waals surface area contributed by atoms with Crippen molar-refractivity contribution in [2.24, 2.45) is 13.0 Å². The van der Waals surface area contributed by atoms with Crippen molar-refractivity contribution in [1.82, 2.24) is 20.0 Å². The van der Waals surface area contributed by atoms with Crippen LogP contribution in [0.25, 0.3) is 0 Å². The third-order valence-corrected chi connectivity index (χ3v) is 5.73. The first-order valence-corrected chi connectivity index (χ1v) is 9.52. The number of nitrogens with one attached hydrogen (secondary N) is 1. The number of hydrogen-bond donors (Lipinski definition) is 1. The molecule has 1 aliphatic heterocycles. The van der Waals surface area contributed by atoms with Crippen LogP contribution >= 0.6 is 36.4 Å². The zero-order valence-corrected chi connectivity index (χ0v) is 19.1. The fourth-order valence-corrected chi connectivity index (χ4v) is 4.04. The summed E-state index contributed by atoms with van der Waals surface area (Å²) in [5, 5.41) is 8.58. The normalized spacial score (nSPS) is 17.5. The maximum Gasteiger partial charge on any atom is 0.226 e. The fraction of sp³-hybridized carbons (Fsp3) is 0.500. The summed E-state index contributed by atoms with van der Waals surface area (Å²) < 4.78 is 1.89. The van der Waals surface area contributed by atoms with E-state index in [1.807, 2.05) is 54.7 Å². The van der Waals surface area contributed by atoms with E-state index in [0.29, 0.717) is 18.0 Å². The van der Waals surface area contributed by atoms with Crippen molar-refractivity contribution in [3.8, 4) is 0 Å². The minimum Gasteiger partial charge on any atom is -0.333 e. The van der Waals surface area contributed by atoms with Crippen LogP contribution < -0.4 is 5.32 Å². The van der Waals surface area contributed by atoms with Crippen molar-refractivity contribution >= 4 is 42.3 Å². The van der Waals surface area contributed by atoms with Crippen LogP contribution in [0.15, 0.2) is 24.3 Å². The predicted octanol–water partition coefficient (Wildman–Crippen LogP) is 3.89. The van der Waals surface area contributed by atoms with E-state index in [0.717, 1.165) is 30.0 Å². The maximum absolute atomic E-state index is 13.3. The number of aromatic nitrogens is 2. The van der Waals surface area contributed by atoms with Gasteiger partial charge in [0.15, 0.2) is 0 Å². The Morgan fingerprint density at radius 2 is 2.00 bits per heavy atom. The van der Waals surface area contributed by atoms with Crippen molar-refractivity contribution in [2.45, 2.75) is 33.2 Å². The first kappa shape index (κ1) is 24.8. The molecule has 1 amide bonds. The molecule has 1 saturated heterocycles. The van der Waals surface area contributed by atoms with E-state index in [2.05, 4.69) is 17.3 Å². The minimum absolute atomic E-state index is 0. The summed E-state index contributed by atoms with van der Waals surface area (Å²) in [5.74, 6) is 0.0822. The molecule has 0 radical (unpaired) electrons. The Bertz CT molecular complexity index is 809. The average molecular weight is 448 g/mol. The van der Waals surface area contributed by atoms with Crippen molar-refractivity contribution < 1.29 is 4.79 Å². The molecule has 0 saturated carbocycles. The first-order valence-electron chi connectivity index (χ1n) is 9.14. The molecule has 2 heterocycles. The van der Waals surface area contributed by atoms with E-state index in [1.165, 1.54) is 5.56 Å². The van der Waals surface area contributed by atoms with Crippen LogP contribution in [0.2, 0.25) is 5.02 Å². The zero-order valence-electron chi connectivity index (χ0n) is 16.7. The molecule has 0 spiro atoms.